The molecule has 1 atom stereocenters. The topological polar surface area (TPSA) is 62.2 Å². The average molecular weight is 268 g/mol. The Labute approximate surface area is 112 Å². The number of thioether (sulfide) groups is 1. The molecule has 0 radical (unpaired) electrons. The molecule has 0 aliphatic carbocycles. The summed E-state index contributed by atoms with van der Waals surface area (Å²) in [6.07, 6.45) is 4.54. The van der Waals surface area contributed by atoms with E-state index in [1.165, 1.54) is 5.56 Å². The van der Waals surface area contributed by atoms with Crippen LogP contribution in [0.2, 0.25) is 0 Å². The van der Waals surface area contributed by atoms with Crippen molar-refractivity contribution < 1.29 is 9.90 Å². The van der Waals surface area contributed by atoms with Crippen LogP contribution in [0.1, 0.15) is 25.3 Å². The molecule has 2 N–H and O–H groups in total. The Hall–Kier alpha value is -1.07. The maximum atomic E-state index is 11.5. The molecule has 1 aromatic rings. The summed E-state index contributed by atoms with van der Waals surface area (Å²) in [4.78, 5) is 15.4. The van der Waals surface area contributed by atoms with Gasteiger partial charge in [-0.2, -0.15) is 0 Å². The van der Waals surface area contributed by atoms with Crippen molar-refractivity contribution in [3.8, 4) is 0 Å². The quantitative estimate of drug-likeness (QED) is 0.751. The highest BCUT2D eigenvalue weighted by Crippen LogP contribution is 2.10. The zero-order valence-electron chi connectivity index (χ0n) is 10.6. The van der Waals surface area contributed by atoms with E-state index in [9.17, 15) is 9.90 Å². The lowest BCUT2D eigenvalue weighted by Crippen LogP contribution is -2.28. The molecule has 1 unspecified atom stereocenters. The minimum atomic E-state index is -0.310. The van der Waals surface area contributed by atoms with Crippen LogP contribution in [0.5, 0.6) is 0 Å². The third kappa shape index (κ3) is 6.61. The minimum absolute atomic E-state index is 0.0253. The Morgan fingerprint density at radius 1 is 1.50 bits per heavy atom. The zero-order valence-corrected chi connectivity index (χ0v) is 11.4. The van der Waals surface area contributed by atoms with E-state index in [0.29, 0.717) is 18.7 Å². The van der Waals surface area contributed by atoms with Gasteiger partial charge in [0.15, 0.2) is 0 Å². The van der Waals surface area contributed by atoms with Crippen LogP contribution in [-0.4, -0.2) is 34.4 Å². The van der Waals surface area contributed by atoms with Gasteiger partial charge in [0.25, 0.3) is 0 Å². The Morgan fingerprint density at radius 3 is 2.89 bits per heavy atom. The van der Waals surface area contributed by atoms with Gasteiger partial charge in [-0.05, 0) is 30.5 Å². The maximum Gasteiger partial charge on any atom is 0.230 e. The first kappa shape index (κ1) is 15.0. The van der Waals surface area contributed by atoms with Gasteiger partial charge in [-0.3, -0.25) is 9.78 Å². The lowest BCUT2D eigenvalue weighted by molar-refractivity contribution is -0.118. The largest absolute Gasteiger partial charge is 0.393 e. The highest BCUT2D eigenvalue weighted by atomic mass is 32.2. The number of amides is 1. The lowest BCUT2D eigenvalue weighted by atomic mass is 10.2. The highest BCUT2D eigenvalue weighted by Gasteiger charge is 2.04. The molecule has 0 spiro atoms. The Bertz CT molecular complexity index is 346. The van der Waals surface area contributed by atoms with E-state index in [1.54, 1.807) is 24.2 Å². The van der Waals surface area contributed by atoms with Crippen LogP contribution in [0.25, 0.3) is 0 Å². The normalized spacial score (nSPS) is 12.1. The van der Waals surface area contributed by atoms with E-state index in [-0.39, 0.29) is 12.0 Å². The summed E-state index contributed by atoms with van der Waals surface area (Å²) in [7, 11) is 0. The van der Waals surface area contributed by atoms with Gasteiger partial charge in [0.1, 0.15) is 0 Å². The van der Waals surface area contributed by atoms with Crippen LogP contribution < -0.4 is 5.32 Å². The number of aromatic nitrogens is 1. The molecule has 0 aliphatic heterocycles. The van der Waals surface area contributed by atoms with Gasteiger partial charge in [-0.1, -0.05) is 6.92 Å². The molecule has 1 amide bonds. The molecule has 4 nitrogen and oxygen atoms in total. The van der Waals surface area contributed by atoms with Crippen molar-refractivity contribution in [2.75, 3.05) is 12.3 Å². The number of nitrogens with zero attached hydrogens (tertiary/aromatic N) is 1. The Balaban J connectivity index is 2.07. The van der Waals surface area contributed by atoms with Crippen molar-refractivity contribution in [3.63, 3.8) is 0 Å². The number of aliphatic hydroxyl groups excluding tert-OH is 1. The fraction of sp³-hybridized carbons (Fsp3) is 0.538. The van der Waals surface area contributed by atoms with E-state index in [4.69, 9.17) is 0 Å². The standard InChI is InChI=1S/C13H20N2O2S/c1-2-12(16)5-8-15-13(17)10-18-9-11-3-6-14-7-4-11/h3-4,6-7,12,16H,2,5,8-10H2,1H3,(H,15,17). The van der Waals surface area contributed by atoms with Crippen molar-refractivity contribution in [1.29, 1.82) is 0 Å². The predicted molar refractivity (Wildman–Crippen MR) is 74.3 cm³/mol. The van der Waals surface area contributed by atoms with Gasteiger partial charge in [0.05, 0.1) is 11.9 Å². The fourth-order valence-corrected chi connectivity index (χ4v) is 2.19. The first-order valence-corrected chi connectivity index (χ1v) is 7.29. The molecule has 0 saturated carbocycles. The molecule has 100 valence electrons. The molecule has 0 bridgehead atoms. The third-order valence-corrected chi connectivity index (χ3v) is 3.53. The number of pyridine rings is 1. The second-order valence-electron chi connectivity index (χ2n) is 4.05. The van der Waals surface area contributed by atoms with Gasteiger partial charge >= 0.3 is 0 Å². The van der Waals surface area contributed by atoms with Crippen LogP contribution >= 0.6 is 11.8 Å². The summed E-state index contributed by atoms with van der Waals surface area (Å²) in [5.74, 6) is 1.29. The average Bonchev–Trinajstić information content (AvgIpc) is 2.39. The second kappa shape index (κ2) is 8.94. The predicted octanol–water partition coefficient (Wildman–Crippen LogP) is 1.59. The van der Waals surface area contributed by atoms with E-state index in [2.05, 4.69) is 10.3 Å². The van der Waals surface area contributed by atoms with Crippen molar-refractivity contribution in [2.24, 2.45) is 0 Å². The van der Waals surface area contributed by atoms with Gasteiger partial charge in [-0.25, -0.2) is 0 Å². The minimum Gasteiger partial charge on any atom is -0.393 e. The van der Waals surface area contributed by atoms with Crippen molar-refractivity contribution >= 4 is 17.7 Å². The second-order valence-corrected chi connectivity index (χ2v) is 5.03. The number of rotatable bonds is 8. The maximum absolute atomic E-state index is 11.5. The van der Waals surface area contributed by atoms with Gasteiger partial charge in [-0.15, -0.1) is 11.8 Å². The molecule has 5 heteroatoms. The van der Waals surface area contributed by atoms with Gasteiger partial charge < -0.3 is 10.4 Å². The zero-order chi connectivity index (χ0) is 13.2. The molecule has 1 rings (SSSR count). The van der Waals surface area contributed by atoms with Crippen LogP contribution in [0, 0.1) is 0 Å². The summed E-state index contributed by atoms with van der Waals surface area (Å²) >= 11 is 1.58. The van der Waals surface area contributed by atoms with E-state index >= 15 is 0 Å². The smallest absolute Gasteiger partial charge is 0.230 e. The fourth-order valence-electron chi connectivity index (χ4n) is 1.37. The molecular weight excluding hydrogens is 248 g/mol. The number of hydrogen-bond acceptors (Lipinski definition) is 4. The first-order chi connectivity index (χ1) is 8.72. The molecule has 0 saturated heterocycles. The molecular formula is C13H20N2O2S. The molecule has 1 heterocycles. The Kier molecular flexibility index (Phi) is 7.44. The Morgan fingerprint density at radius 2 is 2.22 bits per heavy atom. The van der Waals surface area contributed by atoms with Crippen molar-refractivity contribution in [2.45, 2.75) is 31.6 Å². The van der Waals surface area contributed by atoms with Crippen molar-refractivity contribution in [1.82, 2.24) is 10.3 Å². The molecule has 0 fully saturated rings. The summed E-state index contributed by atoms with van der Waals surface area (Å²) < 4.78 is 0. The van der Waals surface area contributed by atoms with Crippen LogP contribution in [0.4, 0.5) is 0 Å². The van der Waals surface area contributed by atoms with Crippen LogP contribution in [0.15, 0.2) is 24.5 Å². The number of carbonyl (C=O) groups is 1. The van der Waals surface area contributed by atoms with E-state index < -0.39 is 0 Å². The molecule has 1 aromatic heterocycles. The van der Waals surface area contributed by atoms with E-state index in [1.807, 2.05) is 19.1 Å². The van der Waals surface area contributed by atoms with Crippen molar-refractivity contribution in [3.05, 3.63) is 30.1 Å². The summed E-state index contributed by atoms with van der Waals surface area (Å²) in [6, 6.07) is 3.89. The lowest BCUT2D eigenvalue weighted by Gasteiger charge is -2.08. The van der Waals surface area contributed by atoms with Gasteiger partial charge in [0, 0.05) is 24.7 Å². The first-order valence-electron chi connectivity index (χ1n) is 6.13. The molecule has 0 aliphatic rings. The monoisotopic (exact) mass is 268 g/mol. The number of nitrogens with one attached hydrogen (secondary N) is 1. The third-order valence-electron chi connectivity index (χ3n) is 2.52. The SMILES string of the molecule is CCC(O)CCNC(=O)CSCc1ccncc1. The van der Waals surface area contributed by atoms with E-state index in [0.717, 1.165) is 12.2 Å². The summed E-state index contributed by atoms with van der Waals surface area (Å²) in [6.45, 7) is 2.47. The van der Waals surface area contributed by atoms with Gasteiger partial charge in [0.2, 0.25) is 5.91 Å². The molecule has 18 heavy (non-hydrogen) atoms. The summed E-state index contributed by atoms with van der Waals surface area (Å²) in [5.41, 5.74) is 1.17. The number of aliphatic hydroxyl groups is 1. The van der Waals surface area contributed by atoms with Crippen LogP contribution in [-0.2, 0) is 10.5 Å². The number of hydrogen-bond donors (Lipinski definition) is 2. The highest BCUT2D eigenvalue weighted by molar-refractivity contribution is 7.99. The van der Waals surface area contributed by atoms with Crippen LogP contribution in [0.3, 0.4) is 0 Å². The number of carbonyl (C=O) groups excluding carboxylic acids is 1. The summed E-state index contributed by atoms with van der Waals surface area (Å²) in [5, 5.41) is 12.1. The molecule has 0 aromatic carbocycles.